The Labute approximate surface area is 233 Å². The molecule has 5 rings (SSSR count). The topological polar surface area (TPSA) is 129 Å². The quantitative estimate of drug-likeness (QED) is 0.415. The molecule has 1 atom stereocenters. The Hall–Kier alpha value is -4.12. The fourth-order valence-electron chi connectivity index (χ4n) is 5.44. The first-order valence-corrected chi connectivity index (χ1v) is 13.6. The summed E-state index contributed by atoms with van der Waals surface area (Å²) in [4.78, 5) is 50.2. The van der Waals surface area contributed by atoms with Gasteiger partial charge < -0.3 is 34.9 Å². The van der Waals surface area contributed by atoms with Gasteiger partial charge in [-0.05, 0) is 74.6 Å². The van der Waals surface area contributed by atoms with Gasteiger partial charge in [0.05, 0.1) is 24.7 Å². The van der Waals surface area contributed by atoms with Crippen LogP contribution in [0.15, 0.2) is 30.3 Å². The Morgan fingerprint density at radius 2 is 1.93 bits per heavy atom. The molecule has 40 heavy (non-hydrogen) atoms. The number of carbonyl (C=O) groups excluding carboxylic acids is 3. The lowest BCUT2D eigenvalue weighted by molar-refractivity contribution is -0.131. The second-order valence-electron chi connectivity index (χ2n) is 10.4. The predicted molar refractivity (Wildman–Crippen MR) is 151 cm³/mol. The van der Waals surface area contributed by atoms with Crippen LogP contribution >= 0.6 is 0 Å². The van der Waals surface area contributed by atoms with Gasteiger partial charge in [0.2, 0.25) is 5.91 Å². The molecule has 1 aromatic heterocycles. The molecule has 1 saturated heterocycles. The van der Waals surface area contributed by atoms with Crippen LogP contribution in [0.4, 0.5) is 10.5 Å². The van der Waals surface area contributed by atoms with Crippen molar-refractivity contribution in [3.05, 3.63) is 52.8 Å². The number of aryl methyl sites for hydroxylation is 1. The van der Waals surface area contributed by atoms with Gasteiger partial charge >= 0.3 is 6.03 Å². The molecule has 0 aliphatic carbocycles. The molecule has 0 radical (unpaired) electrons. The van der Waals surface area contributed by atoms with Crippen molar-refractivity contribution >= 4 is 34.6 Å². The summed E-state index contributed by atoms with van der Waals surface area (Å²) in [5.74, 6) is 0.998. The summed E-state index contributed by atoms with van der Waals surface area (Å²) in [7, 11) is 3.25. The lowest BCUT2D eigenvalue weighted by Gasteiger charge is -2.38. The lowest BCUT2D eigenvalue weighted by atomic mass is 10.0. The Kier molecular flexibility index (Phi) is 7.92. The Bertz CT molecular complexity index is 1430. The molecule has 11 heteroatoms. The number of ether oxygens (including phenoxy) is 2. The third-order valence-corrected chi connectivity index (χ3v) is 7.90. The molecule has 3 N–H and O–H groups in total. The number of benzene rings is 2. The van der Waals surface area contributed by atoms with Crippen LogP contribution in [-0.2, 0) is 16.0 Å². The summed E-state index contributed by atoms with van der Waals surface area (Å²) in [6.45, 7) is 5.38. The van der Waals surface area contributed by atoms with Crippen LogP contribution in [0.5, 0.6) is 5.75 Å². The number of fused-ring (bicyclic) bond motifs is 2. The SMILES string of the molecule is COc1ccc2c(c1)CCN(C1CCN(C(=O)CNC(=O)c3cc(C)c4[nH]c([C@@H](C)OC)nc4c3)CC1)C(=O)N2. The highest BCUT2D eigenvalue weighted by atomic mass is 16.5. The first-order valence-electron chi connectivity index (χ1n) is 13.6. The molecule has 0 saturated carbocycles. The van der Waals surface area contributed by atoms with E-state index in [1.54, 1.807) is 31.3 Å². The van der Waals surface area contributed by atoms with E-state index >= 15 is 0 Å². The van der Waals surface area contributed by atoms with Crippen molar-refractivity contribution in [1.82, 2.24) is 25.1 Å². The van der Waals surface area contributed by atoms with Gasteiger partial charge in [-0.15, -0.1) is 0 Å². The van der Waals surface area contributed by atoms with Crippen molar-refractivity contribution in [2.45, 2.75) is 45.3 Å². The minimum absolute atomic E-state index is 0.0455. The van der Waals surface area contributed by atoms with Crippen molar-refractivity contribution in [3.8, 4) is 5.75 Å². The zero-order valence-corrected chi connectivity index (χ0v) is 23.4. The number of aromatic amines is 1. The highest BCUT2D eigenvalue weighted by Gasteiger charge is 2.31. The van der Waals surface area contributed by atoms with Crippen molar-refractivity contribution < 1.29 is 23.9 Å². The van der Waals surface area contributed by atoms with Gasteiger partial charge in [0.15, 0.2) is 0 Å². The first-order chi connectivity index (χ1) is 19.3. The molecule has 0 unspecified atom stereocenters. The van der Waals surface area contributed by atoms with Crippen LogP contribution in [0.2, 0.25) is 0 Å². The Morgan fingerprint density at radius 1 is 1.15 bits per heavy atom. The van der Waals surface area contributed by atoms with Crippen LogP contribution in [0, 0.1) is 6.92 Å². The molecule has 11 nitrogen and oxygen atoms in total. The number of anilines is 1. The number of hydrogen-bond acceptors (Lipinski definition) is 6. The smallest absolute Gasteiger partial charge is 0.322 e. The molecule has 212 valence electrons. The zero-order chi connectivity index (χ0) is 28.4. The lowest BCUT2D eigenvalue weighted by Crippen LogP contribution is -2.51. The van der Waals surface area contributed by atoms with E-state index < -0.39 is 0 Å². The number of urea groups is 1. The van der Waals surface area contributed by atoms with Crippen LogP contribution < -0.4 is 15.4 Å². The van der Waals surface area contributed by atoms with E-state index in [0.29, 0.717) is 49.4 Å². The molecule has 1 fully saturated rings. The molecule has 3 heterocycles. The normalized spacial score (nSPS) is 16.8. The Balaban J connectivity index is 1.14. The van der Waals surface area contributed by atoms with E-state index in [1.807, 2.05) is 36.9 Å². The largest absolute Gasteiger partial charge is 0.497 e. The van der Waals surface area contributed by atoms with E-state index in [4.69, 9.17) is 9.47 Å². The summed E-state index contributed by atoms with van der Waals surface area (Å²) in [6.07, 6.45) is 1.90. The summed E-state index contributed by atoms with van der Waals surface area (Å²) in [5.41, 5.74) is 4.73. The summed E-state index contributed by atoms with van der Waals surface area (Å²) >= 11 is 0. The number of imidazole rings is 1. The number of aromatic nitrogens is 2. The molecule has 0 bridgehead atoms. The number of carbonyl (C=O) groups is 3. The van der Waals surface area contributed by atoms with Gasteiger partial charge in [-0.1, -0.05) is 0 Å². The second-order valence-corrected chi connectivity index (χ2v) is 10.4. The molecular weight excluding hydrogens is 512 g/mol. The zero-order valence-electron chi connectivity index (χ0n) is 23.4. The molecular formula is C29H36N6O5. The number of piperidine rings is 1. The maximum absolute atomic E-state index is 13.0. The van der Waals surface area contributed by atoms with Crippen LogP contribution in [-0.4, -0.2) is 84.1 Å². The molecule has 2 aromatic carbocycles. The van der Waals surface area contributed by atoms with Crippen LogP contribution in [0.25, 0.3) is 11.0 Å². The van der Waals surface area contributed by atoms with Crippen molar-refractivity contribution in [3.63, 3.8) is 0 Å². The Morgan fingerprint density at radius 3 is 2.65 bits per heavy atom. The first kappa shape index (κ1) is 27.4. The molecule has 3 aromatic rings. The number of hydrogen-bond donors (Lipinski definition) is 3. The van der Waals surface area contributed by atoms with Gasteiger partial charge in [-0.25, -0.2) is 9.78 Å². The molecule has 4 amide bonds. The average molecular weight is 549 g/mol. The van der Waals surface area contributed by atoms with E-state index in [0.717, 1.165) is 34.5 Å². The number of rotatable bonds is 7. The number of H-pyrrole nitrogens is 1. The van der Waals surface area contributed by atoms with E-state index in [1.165, 1.54) is 0 Å². The summed E-state index contributed by atoms with van der Waals surface area (Å²) in [5, 5.41) is 5.78. The minimum atomic E-state index is -0.324. The third-order valence-electron chi connectivity index (χ3n) is 7.90. The van der Waals surface area contributed by atoms with Gasteiger partial charge in [0.1, 0.15) is 17.7 Å². The van der Waals surface area contributed by atoms with Gasteiger partial charge in [-0.2, -0.15) is 0 Å². The van der Waals surface area contributed by atoms with Gasteiger partial charge in [0, 0.05) is 44.0 Å². The highest BCUT2D eigenvalue weighted by Crippen LogP contribution is 2.28. The van der Waals surface area contributed by atoms with E-state index in [-0.39, 0.29) is 36.5 Å². The standard InChI is InChI=1S/C29H36N6O5/c1-17-13-20(15-24-26(17)33-27(31-24)18(2)39-3)28(37)30-16-25(36)34-10-8-21(9-11-34)35-12-7-19-14-22(40-4)5-6-23(19)32-29(35)38/h5-6,13-15,18,21H,7-12,16H2,1-4H3,(H,30,37)(H,31,33)(H,32,38)/t18-/m1/s1. The maximum atomic E-state index is 13.0. The number of methoxy groups -OCH3 is 2. The monoisotopic (exact) mass is 548 g/mol. The molecule has 0 spiro atoms. The summed E-state index contributed by atoms with van der Waals surface area (Å²) in [6, 6.07) is 9.11. The fourth-order valence-corrected chi connectivity index (χ4v) is 5.44. The second kappa shape index (κ2) is 11.5. The third kappa shape index (κ3) is 5.60. The fraction of sp³-hybridized carbons (Fsp3) is 0.448. The number of amides is 4. The van der Waals surface area contributed by atoms with E-state index in [9.17, 15) is 14.4 Å². The number of likely N-dealkylation sites (tertiary alicyclic amines) is 1. The molecule has 2 aliphatic rings. The van der Waals surface area contributed by atoms with Crippen molar-refractivity contribution in [2.75, 3.05) is 45.7 Å². The van der Waals surface area contributed by atoms with Gasteiger partial charge in [0.25, 0.3) is 5.91 Å². The van der Waals surface area contributed by atoms with Crippen molar-refractivity contribution in [1.29, 1.82) is 0 Å². The van der Waals surface area contributed by atoms with Gasteiger partial charge in [-0.3, -0.25) is 9.59 Å². The number of nitrogens with zero attached hydrogens (tertiary/aromatic N) is 3. The predicted octanol–water partition coefficient (Wildman–Crippen LogP) is 3.40. The summed E-state index contributed by atoms with van der Waals surface area (Å²) < 4.78 is 10.7. The van der Waals surface area contributed by atoms with Crippen molar-refractivity contribution in [2.24, 2.45) is 0 Å². The molecule has 2 aliphatic heterocycles. The number of nitrogens with one attached hydrogen (secondary N) is 3. The van der Waals surface area contributed by atoms with E-state index in [2.05, 4.69) is 20.6 Å². The minimum Gasteiger partial charge on any atom is -0.497 e. The van der Waals surface area contributed by atoms with Crippen LogP contribution in [0.3, 0.4) is 0 Å². The maximum Gasteiger partial charge on any atom is 0.322 e. The highest BCUT2D eigenvalue weighted by molar-refractivity contribution is 5.99. The average Bonchev–Trinajstić information content (AvgIpc) is 3.34. The van der Waals surface area contributed by atoms with Crippen LogP contribution in [0.1, 0.15) is 53.2 Å².